The molecule has 240 valence electrons. The SMILES string of the molecule is CCOC(=O)C1CC12O[C@H](COCc1ccccc1)[C@H](OCc1ccccc1)[C@H](OCc1ccccc1)[C@H]2OCc1ccccc1. The predicted molar refractivity (Wildman–Crippen MR) is 173 cm³/mol. The second kappa shape index (κ2) is 15.6. The second-order valence-electron chi connectivity index (χ2n) is 11.9. The normalized spacial score (nSPS) is 25.3. The van der Waals surface area contributed by atoms with Crippen molar-refractivity contribution >= 4 is 5.97 Å². The molecule has 4 aromatic rings. The van der Waals surface area contributed by atoms with E-state index in [1.54, 1.807) is 0 Å². The van der Waals surface area contributed by atoms with E-state index < -0.39 is 35.9 Å². The van der Waals surface area contributed by atoms with Crippen LogP contribution < -0.4 is 0 Å². The third-order valence-electron chi connectivity index (χ3n) is 8.60. The van der Waals surface area contributed by atoms with Gasteiger partial charge in [-0.15, -0.1) is 0 Å². The summed E-state index contributed by atoms with van der Waals surface area (Å²) in [6.07, 6.45) is -1.77. The molecule has 1 heterocycles. The van der Waals surface area contributed by atoms with E-state index in [9.17, 15) is 4.79 Å². The maximum Gasteiger partial charge on any atom is 0.312 e. The number of hydrogen-bond donors (Lipinski definition) is 0. The summed E-state index contributed by atoms with van der Waals surface area (Å²) in [5.74, 6) is -0.770. The molecular formula is C39H42O7. The maximum absolute atomic E-state index is 13.2. The van der Waals surface area contributed by atoms with E-state index in [4.69, 9.17) is 28.4 Å². The van der Waals surface area contributed by atoms with Gasteiger partial charge in [0.05, 0.1) is 45.6 Å². The molecule has 0 radical (unpaired) electrons. The first-order chi connectivity index (χ1) is 22.7. The molecule has 6 rings (SSSR count). The smallest absolute Gasteiger partial charge is 0.312 e. The minimum absolute atomic E-state index is 0.252. The highest BCUT2D eigenvalue weighted by molar-refractivity contribution is 5.78. The molecule has 1 saturated carbocycles. The van der Waals surface area contributed by atoms with Crippen molar-refractivity contribution < 1.29 is 33.2 Å². The number of hydrogen-bond acceptors (Lipinski definition) is 7. The Morgan fingerprint density at radius 2 is 1.11 bits per heavy atom. The standard InChI is InChI=1S/C39H42O7/c1-2-42-38(40)33-23-39(33)37(45-27-32-21-13-6-14-22-32)36(44-26-31-19-11-5-12-20-31)35(43-25-30-17-9-4-10-18-30)34(46-39)28-41-24-29-15-7-3-8-16-29/h3-22,33-37H,2,23-28H2,1H3/t33?,34-,35+,36+,37-,39?/m1/s1. The third kappa shape index (κ3) is 7.92. The van der Waals surface area contributed by atoms with Crippen LogP contribution in [-0.2, 0) is 59.6 Å². The van der Waals surface area contributed by atoms with Gasteiger partial charge < -0.3 is 28.4 Å². The third-order valence-corrected chi connectivity index (χ3v) is 8.60. The molecule has 1 saturated heterocycles. The quantitative estimate of drug-likeness (QED) is 0.137. The van der Waals surface area contributed by atoms with E-state index >= 15 is 0 Å². The molecular weight excluding hydrogens is 580 g/mol. The molecule has 1 aliphatic carbocycles. The molecule has 2 aliphatic rings. The Bertz CT molecular complexity index is 1480. The monoisotopic (exact) mass is 622 g/mol. The van der Waals surface area contributed by atoms with E-state index in [1.165, 1.54) is 0 Å². The van der Waals surface area contributed by atoms with Crippen molar-refractivity contribution in [1.82, 2.24) is 0 Å². The summed E-state index contributed by atoms with van der Waals surface area (Å²) in [4.78, 5) is 13.2. The Morgan fingerprint density at radius 3 is 1.61 bits per heavy atom. The molecule has 0 bridgehead atoms. The Kier molecular flexibility index (Phi) is 10.9. The van der Waals surface area contributed by atoms with Crippen LogP contribution in [0.15, 0.2) is 121 Å². The Hall–Kier alpha value is -3.85. The largest absolute Gasteiger partial charge is 0.466 e. The summed E-state index contributed by atoms with van der Waals surface area (Å²) in [5, 5.41) is 0. The first-order valence-electron chi connectivity index (χ1n) is 16.1. The summed E-state index contributed by atoms with van der Waals surface area (Å²) >= 11 is 0. The summed E-state index contributed by atoms with van der Waals surface area (Å²) in [6, 6.07) is 40.1. The summed E-state index contributed by atoms with van der Waals surface area (Å²) < 4.78 is 38.9. The van der Waals surface area contributed by atoms with E-state index in [-0.39, 0.29) is 12.6 Å². The van der Waals surface area contributed by atoms with Crippen molar-refractivity contribution in [3.8, 4) is 0 Å². The lowest BCUT2D eigenvalue weighted by Crippen LogP contribution is -2.63. The minimum Gasteiger partial charge on any atom is -0.466 e. The summed E-state index contributed by atoms with van der Waals surface area (Å²) in [6.45, 7) is 3.82. The van der Waals surface area contributed by atoms with Crippen LogP contribution in [-0.4, -0.2) is 49.2 Å². The average Bonchev–Trinajstić information content (AvgIpc) is 3.82. The molecule has 0 amide bonds. The lowest BCUT2D eigenvalue weighted by Gasteiger charge is -2.47. The van der Waals surface area contributed by atoms with Crippen LogP contribution >= 0.6 is 0 Å². The zero-order valence-electron chi connectivity index (χ0n) is 26.2. The lowest BCUT2D eigenvalue weighted by molar-refractivity contribution is -0.285. The van der Waals surface area contributed by atoms with E-state index in [1.807, 2.05) is 128 Å². The Labute approximate surface area is 271 Å². The van der Waals surface area contributed by atoms with Crippen LogP contribution in [0.5, 0.6) is 0 Å². The van der Waals surface area contributed by atoms with Gasteiger partial charge in [0.25, 0.3) is 0 Å². The highest BCUT2D eigenvalue weighted by Gasteiger charge is 2.72. The number of carbonyl (C=O) groups is 1. The topological polar surface area (TPSA) is 72.5 Å². The summed E-state index contributed by atoms with van der Waals surface area (Å²) in [5.41, 5.74) is 3.21. The molecule has 46 heavy (non-hydrogen) atoms. The van der Waals surface area contributed by atoms with Crippen LogP contribution in [0.25, 0.3) is 0 Å². The van der Waals surface area contributed by atoms with E-state index in [2.05, 4.69) is 0 Å². The van der Waals surface area contributed by atoms with Crippen molar-refractivity contribution in [2.75, 3.05) is 13.2 Å². The van der Waals surface area contributed by atoms with Crippen LogP contribution in [0.1, 0.15) is 35.6 Å². The molecule has 1 spiro atoms. The zero-order chi connectivity index (χ0) is 31.6. The number of ether oxygens (including phenoxy) is 6. The minimum atomic E-state index is -0.935. The predicted octanol–water partition coefficient (Wildman–Crippen LogP) is 6.68. The molecule has 6 atom stereocenters. The van der Waals surface area contributed by atoms with Crippen molar-refractivity contribution in [2.24, 2.45) is 5.92 Å². The van der Waals surface area contributed by atoms with Gasteiger partial charge in [-0.25, -0.2) is 0 Å². The van der Waals surface area contributed by atoms with Crippen molar-refractivity contribution in [2.45, 2.75) is 69.8 Å². The Balaban J connectivity index is 1.32. The summed E-state index contributed by atoms with van der Waals surface area (Å²) in [7, 11) is 0. The van der Waals surface area contributed by atoms with Crippen LogP contribution in [0.2, 0.25) is 0 Å². The molecule has 4 aromatic carbocycles. The average molecular weight is 623 g/mol. The number of carbonyl (C=O) groups excluding carboxylic acids is 1. The van der Waals surface area contributed by atoms with E-state index in [0.29, 0.717) is 39.5 Å². The van der Waals surface area contributed by atoms with E-state index in [0.717, 1.165) is 22.3 Å². The van der Waals surface area contributed by atoms with Gasteiger partial charge in [-0.2, -0.15) is 0 Å². The van der Waals surface area contributed by atoms with Crippen LogP contribution in [0, 0.1) is 5.92 Å². The fourth-order valence-electron chi connectivity index (χ4n) is 6.22. The number of esters is 1. The van der Waals surface area contributed by atoms with Gasteiger partial charge in [0.15, 0.2) is 0 Å². The lowest BCUT2D eigenvalue weighted by atomic mass is 9.91. The Morgan fingerprint density at radius 1 is 0.652 bits per heavy atom. The molecule has 2 unspecified atom stereocenters. The molecule has 7 heteroatoms. The fourth-order valence-corrected chi connectivity index (χ4v) is 6.22. The number of benzene rings is 4. The molecule has 0 N–H and O–H groups in total. The molecule has 0 aromatic heterocycles. The van der Waals surface area contributed by atoms with Gasteiger partial charge >= 0.3 is 5.97 Å². The zero-order valence-corrected chi connectivity index (χ0v) is 26.2. The van der Waals surface area contributed by atoms with Crippen molar-refractivity contribution in [3.05, 3.63) is 144 Å². The van der Waals surface area contributed by atoms with Gasteiger partial charge in [0, 0.05) is 0 Å². The molecule has 7 nitrogen and oxygen atoms in total. The van der Waals surface area contributed by atoms with Gasteiger partial charge in [-0.05, 0) is 35.6 Å². The van der Waals surface area contributed by atoms with Gasteiger partial charge in [-0.1, -0.05) is 121 Å². The maximum atomic E-state index is 13.2. The highest BCUT2D eigenvalue weighted by atomic mass is 16.6. The number of rotatable bonds is 15. The van der Waals surface area contributed by atoms with Gasteiger partial charge in [0.1, 0.15) is 30.0 Å². The molecule has 1 aliphatic heterocycles. The van der Waals surface area contributed by atoms with Crippen molar-refractivity contribution in [1.29, 1.82) is 0 Å². The van der Waals surface area contributed by atoms with Crippen molar-refractivity contribution in [3.63, 3.8) is 0 Å². The van der Waals surface area contributed by atoms with Crippen LogP contribution in [0.3, 0.4) is 0 Å². The van der Waals surface area contributed by atoms with Gasteiger partial charge in [-0.3, -0.25) is 4.79 Å². The first-order valence-corrected chi connectivity index (χ1v) is 16.1. The van der Waals surface area contributed by atoms with Crippen LogP contribution in [0.4, 0.5) is 0 Å². The first kappa shape index (κ1) is 32.1. The highest BCUT2D eigenvalue weighted by Crippen LogP contribution is 2.56. The van der Waals surface area contributed by atoms with Gasteiger partial charge in [0.2, 0.25) is 0 Å². The second-order valence-corrected chi connectivity index (χ2v) is 11.9. The fraction of sp³-hybridized carbons (Fsp3) is 0.359. The molecule has 2 fully saturated rings.